The second-order valence-electron chi connectivity index (χ2n) is 4.87. The Balaban J connectivity index is 1.71. The van der Waals surface area contributed by atoms with Crippen molar-refractivity contribution in [3.8, 4) is 5.69 Å². The van der Waals surface area contributed by atoms with Crippen LogP contribution in [0.4, 0.5) is 5.69 Å². The minimum absolute atomic E-state index is 0.0518. The number of carbonyl (C=O) groups is 2. The van der Waals surface area contributed by atoms with Crippen molar-refractivity contribution in [3.05, 3.63) is 72.3 Å². The Labute approximate surface area is 137 Å². The summed E-state index contributed by atoms with van der Waals surface area (Å²) in [7, 11) is 1.31. The van der Waals surface area contributed by atoms with E-state index in [2.05, 4.69) is 20.1 Å². The van der Waals surface area contributed by atoms with E-state index in [-0.39, 0.29) is 5.82 Å². The van der Waals surface area contributed by atoms with E-state index in [0.717, 1.165) is 5.69 Å². The number of hydrogen-bond donors (Lipinski definition) is 1. The van der Waals surface area contributed by atoms with Crippen LogP contribution in [-0.4, -0.2) is 33.8 Å². The van der Waals surface area contributed by atoms with Gasteiger partial charge in [0.2, 0.25) is 5.82 Å². The number of amides is 1. The third-order valence-corrected chi connectivity index (χ3v) is 3.28. The lowest BCUT2D eigenvalue weighted by molar-refractivity contribution is 0.0600. The molecule has 3 rings (SSSR count). The normalized spacial score (nSPS) is 10.2. The smallest absolute Gasteiger partial charge is 0.337 e. The van der Waals surface area contributed by atoms with E-state index >= 15 is 0 Å². The minimum Gasteiger partial charge on any atom is -0.465 e. The number of para-hydroxylation sites is 1. The zero-order valence-electron chi connectivity index (χ0n) is 12.8. The van der Waals surface area contributed by atoms with Crippen molar-refractivity contribution in [2.75, 3.05) is 12.4 Å². The van der Waals surface area contributed by atoms with Crippen molar-refractivity contribution >= 4 is 17.6 Å². The molecule has 1 N–H and O–H groups in total. The highest BCUT2D eigenvalue weighted by molar-refractivity contribution is 6.01. The Morgan fingerprint density at radius 3 is 2.42 bits per heavy atom. The zero-order valence-corrected chi connectivity index (χ0v) is 12.8. The monoisotopic (exact) mass is 322 g/mol. The molecule has 7 nitrogen and oxygen atoms in total. The maximum atomic E-state index is 12.2. The lowest BCUT2D eigenvalue weighted by atomic mass is 10.2. The van der Waals surface area contributed by atoms with Gasteiger partial charge in [-0.2, -0.15) is 0 Å². The second kappa shape index (κ2) is 6.74. The molecular weight excluding hydrogens is 308 g/mol. The molecule has 1 amide bonds. The lowest BCUT2D eigenvalue weighted by Gasteiger charge is -2.04. The van der Waals surface area contributed by atoms with Crippen LogP contribution in [0.3, 0.4) is 0 Å². The SMILES string of the molecule is COC(=O)c1ccc(NC(=O)c2ncn(-c3ccccc3)n2)cc1. The summed E-state index contributed by atoms with van der Waals surface area (Å²) in [5.74, 6) is -0.817. The van der Waals surface area contributed by atoms with Crippen molar-refractivity contribution in [2.24, 2.45) is 0 Å². The first-order valence-corrected chi connectivity index (χ1v) is 7.14. The Morgan fingerprint density at radius 2 is 1.75 bits per heavy atom. The van der Waals surface area contributed by atoms with Crippen LogP contribution in [0.25, 0.3) is 5.69 Å². The first-order chi connectivity index (χ1) is 11.7. The van der Waals surface area contributed by atoms with Crippen LogP contribution in [0.2, 0.25) is 0 Å². The van der Waals surface area contributed by atoms with Gasteiger partial charge in [-0.15, -0.1) is 5.10 Å². The maximum Gasteiger partial charge on any atom is 0.337 e. The lowest BCUT2D eigenvalue weighted by Crippen LogP contribution is -2.14. The molecule has 1 aromatic heterocycles. The van der Waals surface area contributed by atoms with Crippen LogP contribution in [0, 0.1) is 0 Å². The summed E-state index contributed by atoms with van der Waals surface area (Å²) < 4.78 is 6.15. The largest absolute Gasteiger partial charge is 0.465 e. The first-order valence-electron chi connectivity index (χ1n) is 7.14. The summed E-state index contributed by atoms with van der Waals surface area (Å²) in [5, 5.41) is 6.83. The number of nitrogens with one attached hydrogen (secondary N) is 1. The molecule has 2 aromatic carbocycles. The third-order valence-electron chi connectivity index (χ3n) is 3.28. The predicted octanol–water partition coefficient (Wildman–Crippen LogP) is 2.31. The van der Waals surface area contributed by atoms with E-state index in [1.165, 1.54) is 18.1 Å². The standard InChI is InChI=1S/C17H14N4O3/c1-24-17(23)12-7-9-13(10-8-12)19-16(22)15-18-11-21(20-15)14-5-3-2-4-6-14/h2-11H,1H3,(H,19,22). The van der Waals surface area contributed by atoms with Crippen LogP contribution in [0.5, 0.6) is 0 Å². The van der Waals surface area contributed by atoms with Crippen LogP contribution in [0.15, 0.2) is 60.9 Å². The van der Waals surface area contributed by atoms with Gasteiger partial charge < -0.3 is 10.1 Å². The van der Waals surface area contributed by atoms with Crippen LogP contribution in [0.1, 0.15) is 21.0 Å². The number of aromatic nitrogens is 3. The van der Waals surface area contributed by atoms with Gasteiger partial charge in [0.1, 0.15) is 6.33 Å². The fourth-order valence-corrected chi connectivity index (χ4v) is 2.07. The topological polar surface area (TPSA) is 86.1 Å². The number of anilines is 1. The fourth-order valence-electron chi connectivity index (χ4n) is 2.07. The van der Waals surface area contributed by atoms with Gasteiger partial charge in [0.15, 0.2) is 0 Å². The molecule has 0 unspecified atom stereocenters. The minimum atomic E-state index is -0.435. The molecule has 0 saturated heterocycles. The summed E-state index contributed by atoms with van der Waals surface area (Å²) in [6.07, 6.45) is 1.48. The van der Waals surface area contributed by atoms with Crippen LogP contribution < -0.4 is 5.32 Å². The molecule has 0 aliphatic heterocycles. The summed E-state index contributed by atoms with van der Waals surface area (Å²) in [6, 6.07) is 15.7. The highest BCUT2D eigenvalue weighted by atomic mass is 16.5. The maximum absolute atomic E-state index is 12.2. The van der Waals surface area contributed by atoms with Crippen molar-refractivity contribution in [1.82, 2.24) is 14.8 Å². The van der Waals surface area contributed by atoms with Gasteiger partial charge in [-0.1, -0.05) is 18.2 Å². The second-order valence-corrected chi connectivity index (χ2v) is 4.87. The van der Waals surface area contributed by atoms with Gasteiger partial charge in [-0.3, -0.25) is 4.79 Å². The summed E-state index contributed by atoms with van der Waals surface area (Å²) in [4.78, 5) is 27.6. The van der Waals surface area contributed by atoms with Gasteiger partial charge in [-0.05, 0) is 36.4 Å². The summed E-state index contributed by atoms with van der Waals surface area (Å²) in [6.45, 7) is 0. The van der Waals surface area contributed by atoms with E-state index in [9.17, 15) is 9.59 Å². The Kier molecular flexibility index (Phi) is 4.33. The van der Waals surface area contributed by atoms with Gasteiger partial charge >= 0.3 is 5.97 Å². The number of methoxy groups -OCH3 is 1. The Hall–Kier alpha value is -3.48. The number of ether oxygens (including phenoxy) is 1. The molecule has 3 aromatic rings. The molecule has 0 saturated carbocycles. The summed E-state index contributed by atoms with van der Waals surface area (Å²) in [5.41, 5.74) is 1.75. The van der Waals surface area contributed by atoms with Gasteiger partial charge in [-0.25, -0.2) is 14.5 Å². The van der Waals surface area contributed by atoms with Gasteiger partial charge in [0, 0.05) is 5.69 Å². The predicted molar refractivity (Wildman–Crippen MR) is 87.1 cm³/mol. The van der Waals surface area contributed by atoms with Crippen molar-refractivity contribution in [3.63, 3.8) is 0 Å². The van der Waals surface area contributed by atoms with E-state index in [1.807, 2.05) is 30.3 Å². The molecular formula is C17H14N4O3. The number of benzene rings is 2. The average molecular weight is 322 g/mol. The summed E-state index contributed by atoms with van der Waals surface area (Å²) >= 11 is 0. The van der Waals surface area contributed by atoms with E-state index in [4.69, 9.17) is 0 Å². The van der Waals surface area contributed by atoms with Crippen molar-refractivity contribution in [1.29, 1.82) is 0 Å². The molecule has 0 atom stereocenters. The van der Waals surface area contributed by atoms with E-state index in [0.29, 0.717) is 11.3 Å². The van der Waals surface area contributed by atoms with Crippen LogP contribution >= 0.6 is 0 Å². The van der Waals surface area contributed by atoms with E-state index < -0.39 is 11.9 Å². The van der Waals surface area contributed by atoms with Crippen molar-refractivity contribution < 1.29 is 14.3 Å². The highest BCUT2D eigenvalue weighted by Gasteiger charge is 2.13. The number of esters is 1. The number of rotatable bonds is 4. The Morgan fingerprint density at radius 1 is 1.04 bits per heavy atom. The average Bonchev–Trinajstić information content (AvgIpc) is 3.13. The third kappa shape index (κ3) is 3.30. The number of carbonyl (C=O) groups excluding carboxylic acids is 2. The first kappa shape index (κ1) is 15.4. The highest BCUT2D eigenvalue weighted by Crippen LogP contribution is 2.12. The van der Waals surface area contributed by atoms with Gasteiger partial charge in [0.25, 0.3) is 5.91 Å². The molecule has 0 aliphatic carbocycles. The molecule has 0 spiro atoms. The molecule has 0 aliphatic rings. The molecule has 0 fully saturated rings. The molecule has 7 heteroatoms. The number of hydrogen-bond acceptors (Lipinski definition) is 5. The zero-order chi connectivity index (χ0) is 16.9. The Bertz CT molecular complexity index is 857. The quantitative estimate of drug-likeness (QED) is 0.745. The van der Waals surface area contributed by atoms with Gasteiger partial charge in [0.05, 0.1) is 18.4 Å². The molecule has 1 heterocycles. The number of nitrogens with zero attached hydrogens (tertiary/aromatic N) is 3. The van der Waals surface area contributed by atoms with Crippen molar-refractivity contribution in [2.45, 2.75) is 0 Å². The molecule has 0 radical (unpaired) electrons. The van der Waals surface area contributed by atoms with Crippen LogP contribution in [-0.2, 0) is 4.74 Å². The fraction of sp³-hybridized carbons (Fsp3) is 0.0588. The molecule has 120 valence electrons. The molecule has 24 heavy (non-hydrogen) atoms. The molecule has 0 bridgehead atoms. The van der Waals surface area contributed by atoms with E-state index in [1.54, 1.807) is 24.3 Å².